The van der Waals surface area contributed by atoms with Gasteiger partial charge in [-0.3, -0.25) is 15.5 Å². The minimum absolute atomic E-state index is 0.0186. The molecule has 1 spiro atoms. The number of nitrogens with one attached hydrogen (secondary N) is 3. The van der Waals surface area contributed by atoms with Gasteiger partial charge in [0.25, 0.3) is 0 Å². The quantitative estimate of drug-likeness (QED) is 0.305. The Kier molecular flexibility index (Phi) is 4.88. The Morgan fingerprint density at radius 3 is 2.81 bits per heavy atom. The molecule has 0 aliphatic carbocycles. The number of aromatic nitrogens is 1. The van der Waals surface area contributed by atoms with Crippen LogP contribution < -0.4 is 26.0 Å². The number of morpholine rings is 1. The van der Waals surface area contributed by atoms with E-state index in [0.29, 0.717) is 6.29 Å². The number of benzene rings is 1. The van der Waals surface area contributed by atoms with E-state index in [1.54, 1.807) is 19.9 Å². The topological polar surface area (TPSA) is 155 Å². The van der Waals surface area contributed by atoms with Gasteiger partial charge in [0.1, 0.15) is 18.3 Å². The number of amides is 4. The smallest absolute Gasteiger partial charge is 0.416 e. The van der Waals surface area contributed by atoms with Crippen LogP contribution in [0, 0.1) is 11.2 Å². The largest absolute Gasteiger partial charge is 0.447 e. The van der Waals surface area contributed by atoms with Crippen molar-refractivity contribution in [3.63, 3.8) is 0 Å². The average molecular weight is 514 g/mol. The van der Waals surface area contributed by atoms with Gasteiger partial charge in [0.05, 0.1) is 29.3 Å². The Hall–Kier alpha value is -4.04. The van der Waals surface area contributed by atoms with Crippen molar-refractivity contribution < 1.29 is 37.6 Å². The maximum absolute atomic E-state index is 16.3. The normalized spacial score (nSPS) is 33.1. The highest BCUT2D eigenvalue weighted by Crippen LogP contribution is 2.53. The van der Waals surface area contributed by atoms with Crippen molar-refractivity contribution in [2.45, 2.75) is 44.2 Å². The highest BCUT2D eigenvalue weighted by Gasteiger charge is 2.69. The second kappa shape index (κ2) is 7.73. The number of carbonyl (C=O) groups excluding carboxylic acids is 4. The number of anilines is 2. The predicted molar refractivity (Wildman–Crippen MR) is 124 cm³/mol. The number of rotatable bonds is 3. The van der Waals surface area contributed by atoms with Crippen molar-refractivity contribution in [1.29, 1.82) is 0 Å². The van der Waals surface area contributed by atoms with E-state index >= 15 is 4.39 Å². The summed E-state index contributed by atoms with van der Waals surface area (Å²) in [4.78, 5) is 53.8. The van der Waals surface area contributed by atoms with Gasteiger partial charge in [-0.2, -0.15) is 0 Å². The van der Waals surface area contributed by atoms with Crippen molar-refractivity contribution in [3.8, 4) is 0 Å². The number of urea groups is 1. The molecule has 5 heterocycles. The minimum atomic E-state index is -1.91. The van der Waals surface area contributed by atoms with Gasteiger partial charge in [0.15, 0.2) is 17.3 Å². The fourth-order valence-electron chi connectivity index (χ4n) is 6.06. The summed E-state index contributed by atoms with van der Waals surface area (Å²) >= 11 is 0. The first-order valence-corrected chi connectivity index (χ1v) is 11.7. The van der Waals surface area contributed by atoms with Crippen LogP contribution >= 0.6 is 0 Å². The maximum Gasteiger partial charge on any atom is 0.416 e. The van der Waals surface area contributed by atoms with Crippen LogP contribution in [0.2, 0.25) is 0 Å². The van der Waals surface area contributed by atoms with Crippen LogP contribution in [0.15, 0.2) is 23.2 Å². The Balaban J connectivity index is 1.62. The number of aldehydes is 1. The number of ether oxygens (including phenoxy) is 2. The molecule has 1 aromatic carbocycles. The SMILES string of the molecule is C=C[C@H]1COC(=O)N1c1noc2c(F)c3c(cc12)CC1(C=O)C(=O)NC(=O)NN[C@@]12[C@H](C)O[C@H](C)CN32. The summed E-state index contributed by atoms with van der Waals surface area (Å²) in [5.74, 6) is -1.65. The maximum atomic E-state index is 16.3. The molecule has 1 unspecified atom stereocenters. The molecule has 1 aromatic heterocycles. The molecule has 14 heteroatoms. The highest BCUT2D eigenvalue weighted by atomic mass is 19.1. The third-order valence-electron chi connectivity index (χ3n) is 7.65. The lowest BCUT2D eigenvalue weighted by molar-refractivity contribution is -0.160. The minimum Gasteiger partial charge on any atom is -0.447 e. The van der Waals surface area contributed by atoms with E-state index in [-0.39, 0.29) is 47.6 Å². The van der Waals surface area contributed by atoms with E-state index in [9.17, 15) is 19.2 Å². The average Bonchev–Trinajstić information content (AvgIpc) is 3.41. The first-order valence-electron chi connectivity index (χ1n) is 11.7. The van der Waals surface area contributed by atoms with Crippen LogP contribution in [0.5, 0.6) is 0 Å². The lowest BCUT2D eigenvalue weighted by Crippen LogP contribution is -2.82. The van der Waals surface area contributed by atoms with E-state index < -0.39 is 53.2 Å². The number of nitrogens with zero attached hydrogens (tertiary/aromatic N) is 3. The number of cyclic esters (lactones) is 1. The zero-order valence-corrected chi connectivity index (χ0v) is 19.9. The fraction of sp³-hybridized carbons (Fsp3) is 0.435. The van der Waals surface area contributed by atoms with Gasteiger partial charge in [0.2, 0.25) is 11.5 Å². The molecule has 3 saturated heterocycles. The number of fused-ring (bicyclic) bond motifs is 3. The first kappa shape index (κ1) is 23.4. The highest BCUT2D eigenvalue weighted by molar-refractivity contribution is 6.09. The lowest BCUT2D eigenvalue weighted by Gasteiger charge is -2.61. The third kappa shape index (κ3) is 2.81. The summed E-state index contributed by atoms with van der Waals surface area (Å²) < 4.78 is 32.8. The van der Waals surface area contributed by atoms with E-state index in [4.69, 9.17) is 14.0 Å². The van der Waals surface area contributed by atoms with E-state index in [0.717, 1.165) is 0 Å². The molecule has 3 fully saturated rings. The number of halogens is 1. The van der Waals surface area contributed by atoms with Gasteiger partial charge in [-0.25, -0.2) is 24.3 Å². The number of hydrazine groups is 1. The summed E-state index contributed by atoms with van der Waals surface area (Å²) in [6.07, 6.45) is -0.304. The Bertz CT molecular complexity index is 1400. The summed E-state index contributed by atoms with van der Waals surface area (Å²) in [5, 5.41) is 6.28. The van der Waals surface area contributed by atoms with Gasteiger partial charge in [-0.15, -0.1) is 6.58 Å². The van der Waals surface area contributed by atoms with Gasteiger partial charge < -0.3 is 23.7 Å². The molecule has 194 valence electrons. The molecule has 3 N–H and O–H groups in total. The van der Waals surface area contributed by atoms with Crippen molar-refractivity contribution in [3.05, 3.63) is 30.1 Å². The molecule has 5 atom stereocenters. The van der Waals surface area contributed by atoms with Gasteiger partial charge >= 0.3 is 12.1 Å². The molecule has 0 bridgehead atoms. The molecular weight excluding hydrogens is 491 g/mol. The fourth-order valence-corrected chi connectivity index (χ4v) is 6.06. The second-order valence-corrected chi connectivity index (χ2v) is 9.60. The van der Waals surface area contributed by atoms with E-state index in [1.165, 1.54) is 15.9 Å². The standard InChI is InChI=1S/C23H23FN6O7/c1-4-13-8-35-21(34)30(13)18-14-5-12-6-22(9-31)19(32)25-20(33)26-28-23(22)11(3)36-10(2)7-29(23)16(12)15(24)17(14)37-27-18/h4-5,9-11,13,28H,1,6-8H2,2-3H3,(H2,25,26,32,33)/t10-,11+,13+,22?,23-/m1/s1. The van der Waals surface area contributed by atoms with Crippen LogP contribution in [0.3, 0.4) is 0 Å². The molecule has 4 aliphatic rings. The number of hydrogen-bond acceptors (Lipinski definition) is 10. The van der Waals surface area contributed by atoms with Crippen LogP contribution in [0.25, 0.3) is 11.0 Å². The van der Waals surface area contributed by atoms with Crippen LogP contribution in [0.1, 0.15) is 19.4 Å². The third-order valence-corrected chi connectivity index (χ3v) is 7.65. The van der Waals surface area contributed by atoms with Gasteiger partial charge in [-0.1, -0.05) is 11.2 Å². The van der Waals surface area contributed by atoms with Crippen LogP contribution in [0.4, 0.5) is 25.5 Å². The van der Waals surface area contributed by atoms with Crippen molar-refractivity contribution in [2.24, 2.45) is 5.41 Å². The second-order valence-electron chi connectivity index (χ2n) is 9.60. The molecule has 4 amide bonds. The predicted octanol–water partition coefficient (Wildman–Crippen LogP) is 0.873. The van der Waals surface area contributed by atoms with E-state index in [2.05, 4.69) is 27.9 Å². The molecule has 0 saturated carbocycles. The lowest BCUT2D eigenvalue weighted by atomic mass is 9.64. The summed E-state index contributed by atoms with van der Waals surface area (Å²) in [6, 6.07) is 0.121. The number of carbonyl (C=O) groups is 4. The Morgan fingerprint density at radius 2 is 2.08 bits per heavy atom. The zero-order chi connectivity index (χ0) is 26.3. The van der Waals surface area contributed by atoms with Crippen LogP contribution in [-0.2, 0) is 25.5 Å². The van der Waals surface area contributed by atoms with Crippen molar-refractivity contribution in [1.82, 2.24) is 21.3 Å². The molecule has 13 nitrogen and oxygen atoms in total. The van der Waals surface area contributed by atoms with Gasteiger partial charge in [-0.05, 0) is 31.9 Å². The van der Waals surface area contributed by atoms with Gasteiger partial charge in [0, 0.05) is 6.54 Å². The van der Waals surface area contributed by atoms with Crippen molar-refractivity contribution in [2.75, 3.05) is 23.0 Å². The molecule has 2 aromatic rings. The molecule has 0 radical (unpaired) electrons. The van der Waals surface area contributed by atoms with Crippen LogP contribution in [-0.4, -0.2) is 66.5 Å². The van der Waals surface area contributed by atoms with E-state index in [1.807, 2.05) is 0 Å². The summed E-state index contributed by atoms with van der Waals surface area (Å²) in [6.45, 7) is 7.23. The number of hydrogen-bond donors (Lipinski definition) is 3. The summed E-state index contributed by atoms with van der Waals surface area (Å²) in [5.41, 5.74) is 1.75. The molecular formula is C23H23FN6O7. The van der Waals surface area contributed by atoms with Crippen molar-refractivity contribution >= 4 is 46.8 Å². The molecule has 37 heavy (non-hydrogen) atoms. The molecule has 6 rings (SSSR count). The monoisotopic (exact) mass is 514 g/mol. The number of imide groups is 1. The summed E-state index contributed by atoms with van der Waals surface area (Å²) in [7, 11) is 0. The Morgan fingerprint density at radius 1 is 1.30 bits per heavy atom. The first-order chi connectivity index (χ1) is 17.7. The Labute approximate surface area is 208 Å². The zero-order valence-electron chi connectivity index (χ0n) is 19.9. The molecule has 4 aliphatic heterocycles.